The van der Waals surface area contributed by atoms with Crippen molar-refractivity contribution in [1.29, 1.82) is 0 Å². The third kappa shape index (κ3) is 4.64. The van der Waals surface area contributed by atoms with Crippen molar-refractivity contribution in [3.63, 3.8) is 0 Å². The summed E-state index contributed by atoms with van der Waals surface area (Å²) in [6.07, 6.45) is 2.49. The Kier molecular flexibility index (Phi) is 6.10. The van der Waals surface area contributed by atoms with Gasteiger partial charge in [0, 0.05) is 13.1 Å². The zero-order valence-electron chi connectivity index (χ0n) is 16.1. The highest BCUT2D eigenvalue weighted by Crippen LogP contribution is 2.29. The standard InChI is InChI=1S/C23H25ClN2O2/c1-17-22(25-23(28-17)20-11-5-6-12-21(20)24)15-26-13-7-10-19(14-26)27-16-18-8-3-2-4-9-18/h2-6,8-9,11-12,19H,7,10,13-16H2,1H3. The number of piperidine rings is 1. The van der Waals surface area contributed by atoms with Crippen molar-refractivity contribution < 1.29 is 9.15 Å². The van der Waals surface area contributed by atoms with Gasteiger partial charge in [-0.05, 0) is 44.0 Å². The fraction of sp³-hybridized carbons (Fsp3) is 0.348. The van der Waals surface area contributed by atoms with Crippen LogP contribution in [0, 0.1) is 6.92 Å². The molecule has 4 rings (SSSR count). The second kappa shape index (κ2) is 8.91. The van der Waals surface area contributed by atoms with Gasteiger partial charge in [-0.1, -0.05) is 54.1 Å². The van der Waals surface area contributed by atoms with E-state index in [-0.39, 0.29) is 6.10 Å². The van der Waals surface area contributed by atoms with Gasteiger partial charge in [-0.3, -0.25) is 4.90 Å². The van der Waals surface area contributed by atoms with Crippen LogP contribution in [0.3, 0.4) is 0 Å². The summed E-state index contributed by atoms with van der Waals surface area (Å²) >= 11 is 6.29. The van der Waals surface area contributed by atoms with E-state index in [1.807, 2.05) is 37.3 Å². The van der Waals surface area contributed by atoms with Crippen LogP contribution in [0.15, 0.2) is 59.0 Å². The minimum absolute atomic E-state index is 0.254. The lowest BCUT2D eigenvalue weighted by atomic mass is 10.1. The first-order valence-electron chi connectivity index (χ1n) is 9.78. The molecule has 1 aliphatic heterocycles. The van der Waals surface area contributed by atoms with Crippen molar-refractivity contribution in [2.75, 3.05) is 13.1 Å². The third-order valence-electron chi connectivity index (χ3n) is 5.16. The number of hydrogen-bond acceptors (Lipinski definition) is 4. The Labute approximate surface area is 171 Å². The maximum atomic E-state index is 6.29. The Morgan fingerprint density at radius 3 is 2.75 bits per heavy atom. The highest BCUT2D eigenvalue weighted by Gasteiger charge is 2.23. The SMILES string of the molecule is Cc1oc(-c2ccccc2Cl)nc1CN1CCCC(OCc2ccccc2)C1. The normalized spacial score (nSPS) is 17.7. The number of aromatic nitrogens is 1. The number of hydrogen-bond donors (Lipinski definition) is 0. The van der Waals surface area contributed by atoms with Crippen LogP contribution in [0.25, 0.3) is 11.5 Å². The molecule has 1 unspecified atom stereocenters. The Morgan fingerprint density at radius 2 is 1.93 bits per heavy atom. The molecule has 0 bridgehead atoms. The molecule has 3 aromatic rings. The molecule has 1 atom stereocenters. The van der Waals surface area contributed by atoms with Crippen LogP contribution in [0.2, 0.25) is 5.02 Å². The van der Waals surface area contributed by atoms with E-state index in [0.717, 1.165) is 49.5 Å². The summed E-state index contributed by atoms with van der Waals surface area (Å²) < 4.78 is 12.1. The van der Waals surface area contributed by atoms with Gasteiger partial charge in [-0.25, -0.2) is 4.98 Å². The summed E-state index contributed by atoms with van der Waals surface area (Å²) in [5.41, 5.74) is 3.02. The van der Waals surface area contributed by atoms with E-state index in [0.29, 0.717) is 17.5 Å². The molecule has 0 spiro atoms. The molecular formula is C23H25ClN2O2. The largest absolute Gasteiger partial charge is 0.441 e. The van der Waals surface area contributed by atoms with Gasteiger partial charge in [0.05, 0.1) is 29.0 Å². The number of aryl methyl sites for hydroxylation is 1. The van der Waals surface area contributed by atoms with Gasteiger partial charge < -0.3 is 9.15 Å². The average molecular weight is 397 g/mol. The molecule has 0 radical (unpaired) electrons. The monoisotopic (exact) mass is 396 g/mol. The minimum atomic E-state index is 0.254. The quantitative estimate of drug-likeness (QED) is 0.552. The summed E-state index contributed by atoms with van der Waals surface area (Å²) in [6, 6.07) is 18.0. The van der Waals surface area contributed by atoms with Crippen LogP contribution in [-0.4, -0.2) is 29.1 Å². The predicted octanol–water partition coefficient (Wildman–Crippen LogP) is 5.48. The van der Waals surface area contributed by atoms with E-state index in [4.69, 9.17) is 25.7 Å². The van der Waals surface area contributed by atoms with Crippen LogP contribution < -0.4 is 0 Å². The summed E-state index contributed by atoms with van der Waals surface area (Å²) in [6.45, 7) is 5.37. The molecule has 0 N–H and O–H groups in total. The Hall–Kier alpha value is -2.14. The fourth-order valence-electron chi connectivity index (χ4n) is 3.62. The number of nitrogens with zero attached hydrogens (tertiary/aromatic N) is 2. The molecule has 2 heterocycles. The van der Waals surface area contributed by atoms with Crippen molar-refractivity contribution in [3.8, 4) is 11.5 Å². The molecule has 1 fully saturated rings. The molecule has 146 valence electrons. The molecule has 4 nitrogen and oxygen atoms in total. The maximum Gasteiger partial charge on any atom is 0.228 e. The predicted molar refractivity (Wildman–Crippen MR) is 111 cm³/mol. The highest BCUT2D eigenvalue weighted by atomic mass is 35.5. The Balaban J connectivity index is 1.38. The van der Waals surface area contributed by atoms with Gasteiger partial charge in [0.2, 0.25) is 5.89 Å². The lowest BCUT2D eigenvalue weighted by Crippen LogP contribution is -2.39. The average Bonchev–Trinajstić information content (AvgIpc) is 3.08. The first-order chi connectivity index (χ1) is 13.7. The second-order valence-corrected chi connectivity index (χ2v) is 7.70. The van der Waals surface area contributed by atoms with Crippen LogP contribution in [0.1, 0.15) is 29.9 Å². The van der Waals surface area contributed by atoms with Gasteiger partial charge >= 0.3 is 0 Å². The number of halogens is 1. The van der Waals surface area contributed by atoms with Crippen LogP contribution in [0.5, 0.6) is 0 Å². The van der Waals surface area contributed by atoms with E-state index in [2.05, 4.69) is 29.2 Å². The van der Waals surface area contributed by atoms with Gasteiger partial charge in [0.15, 0.2) is 0 Å². The lowest BCUT2D eigenvalue weighted by Gasteiger charge is -2.32. The number of rotatable bonds is 6. The Morgan fingerprint density at radius 1 is 1.14 bits per heavy atom. The number of oxazole rings is 1. The third-order valence-corrected chi connectivity index (χ3v) is 5.49. The molecule has 1 aliphatic rings. The summed E-state index contributed by atoms with van der Waals surface area (Å²) in [7, 11) is 0. The van der Waals surface area contributed by atoms with Crippen molar-refractivity contribution in [1.82, 2.24) is 9.88 Å². The van der Waals surface area contributed by atoms with Gasteiger partial charge in [0.1, 0.15) is 5.76 Å². The van der Waals surface area contributed by atoms with E-state index >= 15 is 0 Å². The molecule has 1 aromatic heterocycles. The first kappa shape index (κ1) is 19.2. The molecule has 0 aliphatic carbocycles. The topological polar surface area (TPSA) is 38.5 Å². The van der Waals surface area contributed by atoms with E-state index in [1.54, 1.807) is 0 Å². The number of likely N-dealkylation sites (tertiary alicyclic amines) is 1. The molecule has 2 aromatic carbocycles. The fourth-order valence-corrected chi connectivity index (χ4v) is 3.83. The second-order valence-electron chi connectivity index (χ2n) is 7.30. The van der Waals surface area contributed by atoms with Crippen molar-refractivity contribution in [3.05, 3.63) is 76.6 Å². The van der Waals surface area contributed by atoms with E-state index in [1.165, 1.54) is 5.56 Å². The number of ether oxygens (including phenoxy) is 1. The summed E-state index contributed by atoms with van der Waals surface area (Å²) in [5, 5.41) is 0.655. The maximum absolute atomic E-state index is 6.29. The van der Waals surface area contributed by atoms with E-state index < -0.39 is 0 Å². The van der Waals surface area contributed by atoms with Gasteiger partial charge in [-0.15, -0.1) is 0 Å². The van der Waals surface area contributed by atoms with E-state index in [9.17, 15) is 0 Å². The summed E-state index contributed by atoms with van der Waals surface area (Å²) in [5.74, 6) is 1.44. The lowest BCUT2D eigenvalue weighted by molar-refractivity contribution is -0.0123. The highest BCUT2D eigenvalue weighted by molar-refractivity contribution is 6.33. The molecule has 1 saturated heterocycles. The van der Waals surface area contributed by atoms with Gasteiger partial charge in [0.25, 0.3) is 0 Å². The summed E-state index contributed by atoms with van der Waals surface area (Å²) in [4.78, 5) is 7.12. The van der Waals surface area contributed by atoms with Crippen molar-refractivity contribution >= 4 is 11.6 Å². The molecular weight excluding hydrogens is 372 g/mol. The van der Waals surface area contributed by atoms with Gasteiger partial charge in [-0.2, -0.15) is 0 Å². The molecule has 28 heavy (non-hydrogen) atoms. The van der Waals surface area contributed by atoms with Crippen LogP contribution in [-0.2, 0) is 17.9 Å². The molecule has 0 saturated carbocycles. The van der Waals surface area contributed by atoms with Crippen molar-refractivity contribution in [2.24, 2.45) is 0 Å². The number of benzene rings is 2. The Bertz CT molecular complexity index is 910. The van der Waals surface area contributed by atoms with Crippen LogP contribution in [0.4, 0.5) is 0 Å². The first-order valence-corrected chi connectivity index (χ1v) is 10.2. The van der Waals surface area contributed by atoms with Crippen molar-refractivity contribution in [2.45, 2.75) is 39.0 Å². The van der Waals surface area contributed by atoms with Crippen LogP contribution >= 0.6 is 11.6 Å². The zero-order chi connectivity index (χ0) is 19.3. The minimum Gasteiger partial charge on any atom is -0.441 e. The smallest absolute Gasteiger partial charge is 0.228 e. The molecule has 5 heteroatoms. The molecule has 0 amide bonds. The zero-order valence-corrected chi connectivity index (χ0v) is 16.9.